The van der Waals surface area contributed by atoms with Gasteiger partial charge in [0.15, 0.2) is 5.78 Å². The summed E-state index contributed by atoms with van der Waals surface area (Å²) >= 11 is 6.10. The Balaban J connectivity index is 1.74. The molecule has 3 aromatic rings. The van der Waals surface area contributed by atoms with Gasteiger partial charge in [0.25, 0.3) is 0 Å². The molecule has 5 rings (SSSR count). The van der Waals surface area contributed by atoms with E-state index in [1.807, 2.05) is 48.0 Å². The van der Waals surface area contributed by atoms with Gasteiger partial charge in [0, 0.05) is 40.7 Å². The maximum atomic E-state index is 13.1. The molecule has 0 fully saturated rings. The first kappa shape index (κ1) is 18.1. The molecule has 1 N–H and O–H groups in total. The number of aryl methyl sites for hydroxylation is 1. The second-order valence-electron chi connectivity index (χ2n) is 7.90. The molecule has 6 heteroatoms. The molecule has 1 aliphatic carbocycles. The fourth-order valence-electron chi connectivity index (χ4n) is 4.50. The molecule has 0 saturated heterocycles. The Morgan fingerprint density at radius 3 is 2.55 bits per heavy atom. The minimum atomic E-state index is -0.246. The molecule has 146 valence electrons. The number of pyridine rings is 1. The molecular weight excluding hydrogens is 384 g/mol. The molecule has 3 heterocycles. The fourth-order valence-corrected chi connectivity index (χ4v) is 4.62. The predicted molar refractivity (Wildman–Crippen MR) is 114 cm³/mol. The maximum Gasteiger partial charge on any atom is 0.163 e. The van der Waals surface area contributed by atoms with Gasteiger partial charge in [0.05, 0.1) is 5.69 Å². The average Bonchev–Trinajstić information content (AvgIpc) is 3.03. The largest absolute Gasteiger partial charge is 0.343 e. The van der Waals surface area contributed by atoms with Crippen molar-refractivity contribution < 1.29 is 4.79 Å². The first-order chi connectivity index (χ1) is 14.0. The molecule has 0 saturated carbocycles. The molecule has 2 atom stereocenters. The van der Waals surface area contributed by atoms with Crippen molar-refractivity contribution in [2.75, 3.05) is 5.32 Å². The van der Waals surface area contributed by atoms with Crippen LogP contribution in [0.2, 0.25) is 5.02 Å². The highest BCUT2D eigenvalue weighted by molar-refractivity contribution is 6.30. The zero-order chi connectivity index (χ0) is 20.1. The standard InChI is InChI=1S/C23H21ClN4O/c1-13-11-18-21(19(29)12-13)22(16-7-9-25-10-8-16)28-23(26-18)20(14(2)27-28)15-3-5-17(24)6-4-15/h3-10,13,22,26H,11-12H2,1-2H3/t13-,22+/m0/s1. The van der Waals surface area contributed by atoms with Gasteiger partial charge in [-0.05, 0) is 54.7 Å². The number of aromatic nitrogens is 3. The Hall–Kier alpha value is -2.92. The summed E-state index contributed by atoms with van der Waals surface area (Å²) in [6, 6.07) is 11.5. The third-order valence-corrected chi connectivity index (χ3v) is 5.99. The summed E-state index contributed by atoms with van der Waals surface area (Å²) in [5, 5.41) is 9.14. The molecule has 0 radical (unpaired) electrons. The second-order valence-corrected chi connectivity index (χ2v) is 8.33. The first-order valence-corrected chi connectivity index (χ1v) is 10.2. The van der Waals surface area contributed by atoms with Gasteiger partial charge < -0.3 is 5.32 Å². The van der Waals surface area contributed by atoms with E-state index in [1.54, 1.807) is 12.4 Å². The van der Waals surface area contributed by atoms with Gasteiger partial charge in [0.1, 0.15) is 11.9 Å². The Morgan fingerprint density at radius 2 is 1.83 bits per heavy atom. The summed E-state index contributed by atoms with van der Waals surface area (Å²) in [6.45, 7) is 4.13. The lowest BCUT2D eigenvalue weighted by Gasteiger charge is -2.35. The lowest BCUT2D eigenvalue weighted by molar-refractivity contribution is -0.117. The predicted octanol–water partition coefficient (Wildman–Crippen LogP) is 5.17. The van der Waals surface area contributed by atoms with Crippen LogP contribution in [0.1, 0.15) is 37.1 Å². The molecular formula is C23H21ClN4O. The number of rotatable bonds is 2. The molecule has 0 spiro atoms. The molecule has 1 aromatic carbocycles. The highest BCUT2D eigenvalue weighted by atomic mass is 35.5. The van der Waals surface area contributed by atoms with Crippen molar-refractivity contribution in [2.24, 2.45) is 5.92 Å². The number of Topliss-reactive ketones (excluding diaryl/α,β-unsaturated/α-hetero) is 1. The highest BCUT2D eigenvalue weighted by Gasteiger charge is 2.39. The summed E-state index contributed by atoms with van der Waals surface area (Å²) in [4.78, 5) is 17.2. The van der Waals surface area contributed by atoms with E-state index in [4.69, 9.17) is 16.7 Å². The molecule has 0 amide bonds. The van der Waals surface area contributed by atoms with Gasteiger partial charge in [-0.25, -0.2) is 4.68 Å². The van der Waals surface area contributed by atoms with Crippen LogP contribution in [0.15, 0.2) is 60.1 Å². The number of carbonyl (C=O) groups excluding carboxylic acids is 1. The third kappa shape index (κ3) is 2.97. The smallest absolute Gasteiger partial charge is 0.163 e. The SMILES string of the molecule is Cc1nn2c(c1-c1ccc(Cl)cc1)NC1=C(C(=O)C[C@@H](C)C1)[C@H]2c1ccncc1. The van der Waals surface area contributed by atoms with Crippen LogP contribution < -0.4 is 5.32 Å². The van der Waals surface area contributed by atoms with Crippen molar-refractivity contribution in [3.63, 3.8) is 0 Å². The number of ketones is 1. The molecule has 29 heavy (non-hydrogen) atoms. The Labute approximate surface area is 174 Å². The van der Waals surface area contributed by atoms with E-state index in [1.165, 1.54) is 0 Å². The van der Waals surface area contributed by atoms with Gasteiger partial charge in [-0.2, -0.15) is 5.10 Å². The van der Waals surface area contributed by atoms with E-state index in [9.17, 15) is 4.79 Å². The normalized spacial score (nSPS) is 20.9. The van der Waals surface area contributed by atoms with Crippen LogP contribution in [0.4, 0.5) is 5.82 Å². The van der Waals surface area contributed by atoms with Gasteiger partial charge in [-0.15, -0.1) is 0 Å². The minimum absolute atomic E-state index is 0.194. The maximum absolute atomic E-state index is 13.1. The van der Waals surface area contributed by atoms with Crippen LogP contribution in [0.5, 0.6) is 0 Å². The summed E-state index contributed by atoms with van der Waals surface area (Å²) in [7, 11) is 0. The summed E-state index contributed by atoms with van der Waals surface area (Å²) in [5.41, 5.74) is 5.86. The zero-order valence-electron chi connectivity index (χ0n) is 16.3. The van der Waals surface area contributed by atoms with Gasteiger partial charge in [-0.1, -0.05) is 30.7 Å². The number of halogens is 1. The topological polar surface area (TPSA) is 59.8 Å². The quantitative estimate of drug-likeness (QED) is 0.639. The summed E-state index contributed by atoms with van der Waals surface area (Å²) in [6.07, 6.45) is 4.96. The number of anilines is 1. The molecule has 0 bridgehead atoms. The lowest BCUT2D eigenvalue weighted by atomic mass is 9.81. The first-order valence-electron chi connectivity index (χ1n) is 9.81. The van der Waals surface area contributed by atoms with Crippen LogP contribution in [0.3, 0.4) is 0 Å². The average molecular weight is 405 g/mol. The van der Waals surface area contributed by atoms with Crippen LogP contribution >= 0.6 is 11.6 Å². The number of fused-ring (bicyclic) bond motifs is 1. The van der Waals surface area contributed by atoms with Gasteiger partial charge in [0.2, 0.25) is 0 Å². The third-order valence-electron chi connectivity index (χ3n) is 5.74. The van der Waals surface area contributed by atoms with E-state index < -0.39 is 0 Å². The van der Waals surface area contributed by atoms with Gasteiger partial charge >= 0.3 is 0 Å². The zero-order valence-corrected chi connectivity index (χ0v) is 17.1. The van der Waals surface area contributed by atoms with E-state index in [-0.39, 0.29) is 11.8 Å². The van der Waals surface area contributed by atoms with E-state index in [2.05, 4.69) is 17.2 Å². The highest BCUT2D eigenvalue weighted by Crippen LogP contribution is 2.45. The van der Waals surface area contributed by atoms with Crippen LogP contribution in [0, 0.1) is 12.8 Å². The number of hydrogen-bond donors (Lipinski definition) is 1. The number of benzene rings is 1. The Bertz CT molecular complexity index is 1130. The van der Waals surface area contributed by atoms with Crippen molar-refractivity contribution in [1.29, 1.82) is 0 Å². The number of nitrogens with one attached hydrogen (secondary N) is 1. The van der Waals surface area contributed by atoms with Crippen molar-refractivity contribution in [1.82, 2.24) is 14.8 Å². The van der Waals surface area contributed by atoms with E-state index in [0.29, 0.717) is 17.4 Å². The van der Waals surface area contributed by atoms with Crippen molar-refractivity contribution in [3.8, 4) is 11.1 Å². The van der Waals surface area contributed by atoms with Crippen LogP contribution in [-0.2, 0) is 4.79 Å². The monoisotopic (exact) mass is 404 g/mol. The summed E-state index contributed by atoms with van der Waals surface area (Å²) < 4.78 is 1.96. The van der Waals surface area contributed by atoms with Crippen LogP contribution in [-0.4, -0.2) is 20.5 Å². The number of allylic oxidation sites excluding steroid dienone is 2. The number of nitrogens with zero attached hydrogens (tertiary/aromatic N) is 3. The van der Waals surface area contributed by atoms with Crippen LogP contribution in [0.25, 0.3) is 11.1 Å². The summed E-state index contributed by atoms with van der Waals surface area (Å²) in [5.74, 6) is 1.44. The van der Waals surface area contributed by atoms with Crippen molar-refractivity contribution >= 4 is 23.2 Å². The Kier molecular flexibility index (Phi) is 4.28. The second kappa shape index (κ2) is 6.85. The van der Waals surface area contributed by atoms with Gasteiger partial charge in [-0.3, -0.25) is 9.78 Å². The minimum Gasteiger partial charge on any atom is -0.343 e. The van der Waals surface area contributed by atoms with Crippen molar-refractivity contribution in [3.05, 3.63) is 76.3 Å². The molecule has 1 aliphatic heterocycles. The number of carbonyl (C=O) groups is 1. The lowest BCUT2D eigenvalue weighted by Crippen LogP contribution is -2.33. The molecule has 0 unspecified atom stereocenters. The number of hydrogen-bond acceptors (Lipinski definition) is 4. The Morgan fingerprint density at radius 1 is 1.10 bits per heavy atom. The molecule has 2 aromatic heterocycles. The van der Waals surface area contributed by atoms with E-state index in [0.717, 1.165) is 45.9 Å². The fraction of sp³-hybridized carbons (Fsp3) is 0.261. The van der Waals surface area contributed by atoms with Crippen molar-refractivity contribution in [2.45, 2.75) is 32.7 Å². The van der Waals surface area contributed by atoms with E-state index >= 15 is 0 Å². The molecule has 5 nitrogen and oxygen atoms in total. The molecule has 2 aliphatic rings.